The summed E-state index contributed by atoms with van der Waals surface area (Å²) in [5, 5.41) is 0. The van der Waals surface area contributed by atoms with Crippen molar-refractivity contribution in [3.8, 4) is 0 Å². The highest BCUT2D eigenvalue weighted by Gasteiger charge is 2.18. The van der Waals surface area contributed by atoms with Crippen molar-refractivity contribution >= 4 is 31.5 Å². The Balaban J connectivity index is 2.40. The van der Waals surface area contributed by atoms with E-state index < -0.39 is 21.5 Å². The van der Waals surface area contributed by atoms with E-state index >= 15 is 0 Å². The smallest absolute Gasteiger partial charge is 0.182 e. The van der Waals surface area contributed by atoms with Crippen LogP contribution in [0.1, 0.15) is 5.56 Å². The van der Waals surface area contributed by atoms with Crippen LogP contribution in [0.15, 0.2) is 45.8 Å². The molecule has 0 heterocycles. The first-order chi connectivity index (χ1) is 9.28. The van der Waals surface area contributed by atoms with E-state index in [9.17, 15) is 17.2 Å². The molecule has 0 aromatic heterocycles. The van der Waals surface area contributed by atoms with Crippen LogP contribution in [0.25, 0.3) is 0 Å². The summed E-state index contributed by atoms with van der Waals surface area (Å²) in [7, 11) is -3.77. The largest absolute Gasteiger partial charge is 0.399 e. The zero-order valence-corrected chi connectivity index (χ0v) is 12.5. The van der Waals surface area contributed by atoms with Gasteiger partial charge in [-0.3, -0.25) is 0 Å². The van der Waals surface area contributed by atoms with Crippen LogP contribution in [-0.4, -0.2) is 8.42 Å². The van der Waals surface area contributed by atoms with Crippen LogP contribution in [0.4, 0.5) is 14.5 Å². The molecule has 2 aromatic carbocycles. The quantitative estimate of drug-likeness (QED) is 0.853. The van der Waals surface area contributed by atoms with Gasteiger partial charge in [-0.1, -0.05) is 22.0 Å². The van der Waals surface area contributed by atoms with Gasteiger partial charge in [0, 0.05) is 10.2 Å². The Hall–Kier alpha value is -1.47. The van der Waals surface area contributed by atoms with Gasteiger partial charge in [0.05, 0.1) is 10.6 Å². The monoisotopic (exact) mass is 361 g/mol. The van der Waals surface area contributed by atoms with Crippen molar-refractivity contribution in [3.63, 3.8) is 0 Å². The predicted octanol–water partition coefficient (Wildman–Crippen LogP) is 3.28. The summed E-state index contributed by atoms with van der Waals surface area (Å²) >= 11 is 3.10. The third-order valence-electron chi connectivity index (χ3n) is 2.61. The summed E-state index contributed by atoms with van der Waals surface area (Å²) in [5.74, 6) is -1.58. The molecule has 0 atom stereocenters. The zero-order valence-electron chi connectivity index (χ0n) is 10.1. The lowest BCUT2D eigenvalue weighted by Crippen LogP contribution is -2.07. The van der Waals surface area contributed by atoms with Gasteiger partial charge in [-0.2, -0.15) is 0 Å². The van der Waals surface area contributed by atoms with E-state index in [0.717, 1.165) is 18.2 Å². The van der Waals surface area contributed by atoms with Crippen LogP contribution in [0.5, 0.6) is 0 Å². The molecular weight excluding hydrogens is 352 g/mol. The van der Waals surface area contributed by atoms with Gasteiger partial charge in [-0.15, -0.1) is 0 Å². The first-order valence-corrected chi connectivity index (χ1v) is 7.95. The second kappa shape index (κ2) is 5.49. The Bertz CT molecular complexity index is 743. The summed E-state index contributed by atoms with van der Waals surface area (Å²) < 4.78 is 50.9. The van der Waals surface area contributed by atoms with Crippen molar-refractivity contribution in [1.82, 2.24) is 0 Å². The molecule has 0 amide bonds. The number of sulfone groups is 1. The highest BCUT2D eigenvalue weighted by Crippen LogP contribution is 2.25. The summed E-state index contributed by atoms with van der Waals surface area (Å²) in [4.78, 5) is -0.203. The van der Waals surface area contributed by atoms with Crippen LogP contribution < -0.4 is 5.73 Å². The van der Waals surface area contributed by atoms with E-state index in [1.54, 1.807) is 0 Å². The predicted molar refractivity (Wildman–Crippen MR) is 75.8 cm³/mol. The van der Waals surface area contributed by atoms with E-state index in [0.29, 0.717) is 10.0 Å². The van der Waals surface area contributed by atoms with Gasteiger partial charge in [0.25, 0.3) is 0 Å². The fourth-order valence-electron chi connectivity index (χ4n) is 1.69. The lowest BCUT2D eigenvalue weighted by atomic mass is 10.2. The number of halogens is 3. The van der Waals surface area contributed by atoms with Crippen LogP contribution in [0.3, 0.4) is 0 Å². The van der Waals surface area contributed by atoms with Gasteiger partial charge in [0.1, 0.15) is 11.6 Å². The second-order valence-corrected chi connectivity index (χ2v) is 7.06. The highest BCUT2D eigenvalue weighted by molar-refractivity contribution is 9.10. The van der Waals surface area contributed by atoms with Crippen molar-refractivity contribution in [2.75, 3.05) is 5.73 Å². The Morgan fingerprint density at radius 1 is 1.05 bits per heavy atom. The lowest BCUT2D eigenvalue weighted by Gasteiger charge is -2.08. The summed E-state index contributed by atoms with van der Waals surface area (Å²) in [6.45, 7) is 0. The number of hydrogen-bond acceptors (Lipinski definition) is 3. The summed E-state index contributed by atoms with van der Waals surface area (Å²) in [5.41, 5.74) is 5.85. The minimum absolute atomic E-state index is 0.0294. The molecule has 0 aliphatic carbocycles. The number of nitrogen functional groups attached to an aromatic ring is 1. The Labute approximate surface area is 123 Å². The molecular formula is C13H10BrF2NO2S. The van der Waals surface area contributed by atoms with Crippen LogP contribution in [0.2, 0.25) is 0 Å². The molecule has 0 saturated carbocycles. The average molecular weight is 362 g/mol. The number of anilines is 1. The maximum atomic E-state index is 13.2. The Morgan fingerprint density at radius 2 is 1.75 bits per heavy atom. The molecule has 0 unspecified atom stereocenters. The lowest BCUT2D eigenvalue weighted by molar-refractivity contribution is 0.590. The third kappa shape index (κ3) is 3.34. The van der Waals surface area contributed by atoms with E-state index in [4.69, 9.17) is 5.73 Å². The molecule has 0 spiro atoms. The maximum Gasteiger partial charge on any atom is 0.182 e. The van der Waals surface area contributed by atoms with Gasteiger partial charge < -0.3 is 5.73 Å². The van der Waals surface area contributed by atoms with Crippen molar-refractivity contribution < 1.29 is 17.2 Å². The SMILES string of the molecule is Nc1cc(F)cc(S(=O)(=O)Cc2ccc(F)cc2Br)c1. The molecule has 0 fully saturated rings. The molecule has 0 saturated heterocycles. The normalized spacial score (nSPS) is 11.6. The molecule has 7 heteroatoms. The fraction of sp³-hybridized carbons (Fsp3) is 0.0769. The van der Waals surface area contributed by atoms with E-state index in [-0.39, 0.29) is 16.3 Å². The van der Waals surface area contributed by atoms with E-state index in [1.165, 1.54) is 18.2 Å². The van der Waals surface area contributed by atoms with Crippen molar-refractivity contribution in [1.29, 1.82) is 0 Å². The average Bonchev–Trinajstić information content (AvgIpc) is 2.31. The number of benzene rings is 2. The third-order valence-corrected chi connectivity index (χ3v) is 5.00. The van der Waals surface area contributed by atoms with Crippen LogP contribution in [0, 0.1) is 11.6 Å². The first-order valence-electron chi connectivity index (χ1n) is 5.51. The number of hydrogen-bond donors (Lipinski definition) is 1. The molecule has 0 radical (unpaired) electrons. The maximum absolute atomic E-state index is 13.2. The zero-order chi connectivity index (χ0) is 14.9. The fourth-order valence-corrected chi connectivity index (χ4v) is 3.80. The minimum atomic E-state index is -3.77. The minimum Gasteiger partial charge on any atom is -0.399 e. The van der Waals surface area contributed by atoms with Gasteiger partial charge in [-0.05, 0) is 35.9 Å². The Morgan fingerprint density at radius 3 is 2.35 bits per heavy atom. The van der Waals surface area contributed by atoms with Gasteiger partial charge in [0.15, 0.2) is 9.84 Å². The molecule has 0 aliphatic rings. The van der Waals surface area contributed by atoms with Crippen LogP contribution >= 0.6 is 15.9 Å². The van der Waals surface area contributed by atoms with Gasteiger partial charge in [-0.25, -0.2) is 17.2 Å². The number of nitrogens with two attached hydrogens (primary N) is 1. The van der Waals surface area contributed by atoms with Crippen molar-refractivity contribution in [2.45, 2.75) is 10.6 Å². The Kier molecular flexibility index (Phi) is 4.10. The van der Waals surface area contributed by atoms with Gasteiger partial charge >= 0.3 is 0 Å². The first kappa shape index (κ1) is 14.9. The second-order valence-electron chi connectivity index (χ2n) is 4.22. The van der Waals surface area contributed by atoms with E-state index in [2.05, 4.69) is 15.9 Å². The highest BCUT2D eigenvalue weighted by atomic mass is 79.9. The standard InChI is InChI=1S/C13H10BrF2NO2S/c14-13-5-9(15)2-1-8(13)7-20(18,19)12-4-10(16)3-11(17)6-12/h1-6H,7,17H2. The molecule has 0 bridgehead atoms. The van der Waals surface area contributed by atoms with Crippen molar-refractivity contribution in [2.24, 2.45) is 0 Å². The van der Waals surface area contributed by atoms with Gasteiger partial charge in [0.2, 0.25) is 0 Å². The molecule has 0 aliphatic heterocycles. The number of rotatable bonds is 3. The summed E-state index contributed by atoms with van der Waals surface area (Å²) in [6.07, 6.45) is 0. The van der Waals surface area contributed by atoms with Crippen molar-refractivity contribution in [3.05, 3.63) is 58.1 Å². The topological polar surface area (TPSA) is 60.2 Å². The van der Waals surface area contributed by atoms with E-state index in [1.807, 2.05) is 0 Å². The molecule has 3 nitrogen and oxygen atoms in total. The molecule has 2 aromatic rings. The van der Waals surface area contributed by atoms with Crippen LogP contribution in [-0.2, 0) is 15.6 Å². The molecule has 2 rings (SSSR count). The molecule has 2 N–H and O–H groups in total. The summed E-state index contributed by atoms with van der Waals surface area (Å²) in [6, 6.07) is 6.83. The molecule has 20 heavy (non-hydrogen) atoms. The molecule has 106 valence electrons.